The lowest BCUT2D eigenvalue weighted by Gasteiger charge is -2.19. The van der Waals surface area contributed by atoms with Crippen LogP contribution in [-0.2, 0) is 9.47 Å². The van der Waals surface area contributed by atoms with Crippen molar-refractivity contribution in [2.24, 2.45) is 0 Å². The first-order valence-electron chi connectivity index (χ1n) is 11.3. The lowest BCUT2D eigenvalue weighted by molar-refractivity contribution is -0.0548. The number of carbonyl (C=O) groups excluding carboxylic acids is 1. The van der Waals surface area contributed by atoms with E-state index in [-0.39, 0.29) is 57.4 Å². The number of halogens is 1. The zero-order valence-corrected chi connectivity index (χ0v) is 21.2. The highest BCUT2D eigenvalue weighted by molar-refractivity contribution is 7.99. The summed E-state index contributed by atoms with van der Waals surface area (Å²) >= 11 is 7.31. The summed E-state index contributed by atoms with van der Waals surface area (Å²) in [6, 6.07) is 4.44. The van der Waals surface area contributed by atoms with Gasteiger partial charge in [0.15, 0.2) is 28.4 Å². The number of aliphatic hydroxyl groups is 4. The lowest BCUT2D eigenvalue weighted by atomic mass is 10.1. The number of aliphatic hydroxyl groups excluding tert-OH is 4. The number of nitrogens with two attached hydrogens (primary N) is 1. The van der Waals surface area contributed by atoms with E-state index in [1.165, 1.54) is 29.1 Å². The van der Waals surface area contributed by atoms with E-state index >= 15 is 0 Å². The number of nitrogens with zero attached hydrogens (tertiary/aromatic N) is 4. The van der Waals surface area contributed by atoms with Crippen LogP contribution in [0, 0.1) is 0 Å². The summed E-state index contributed by atoms with van der Waals surface area (Å²) in [7, 11) is 0. The summed E-state index contributed by atoms with van der Waals surface area (Å²) in [6.45, 7) is 1.31. The Balaban J connectivity index is 1.46. The number of esters is 1. The van der Waals surface area contributed by atoms with Gasteiger partial charge >= 0.3 is 5.97 Å². The van der Waals surface area contributed by atoms with E-state index < -0.39 is 43.2 Å². The first-order valence-corrected chi connectivity index (χ1v) is 12.6. The van der Waals surface area contributed by atoms with Gasteiger partial charge in [-0.15, -0.1) is 0 Å². The predicted octanol–water partition coefficient (Wildman–Crippen LogP) is 0.382. The molecule has 0 unspecified atom stereocenters. The maximum atomic E-state index is 11.8. The standard InChI is InChI=1S/C22H26ClN5O8S/c1-2-34-21(33)10-3-4-13(12(23)5-10)35-7-11(30)8-37-22-27-15-18(24)25-9-26-19(15)28(22)20-17(32)16(31)14(6-29)36-20/h3-5,9,11,14,16-17,20,29-32H,2,6-8H2,1H3,(H2,24,25,26)/t11-,14-,16-,17-,20-/m1/s1. The predicted molar refractivity (Wildman–Crippen MR) is 132 cm³/mol. The number of anilines is 1. The number of imidazole rings is 1. The van der Waals surface area contributed by atoms with Crippen LogP contribution >= 0.6 is 23.4 Å². The number of ether oxygens (including phenoxy) is 3. The quantitative estimate of drug-likeness (QED) is 0.170. The molecule has 1 saturated heterocycles. The number of rotatable bonds is 10. The van der Waals surface area contributed by atoms with E-state index in [9.17, 15) is 25.2 Å². The van der Waals surface area contributed by atoms with Crippen molar-refractivity contribution in [3.63, 3.8) is 0 Å². The van der Waals surface area contributed by atoms with Gasteiger partial charge < -0.3 is 40.4 Å². The van der Waals surface area contributed by atoms with Gasteiger partial charge in [-0.05, 0) is 25.1 Å². The van der Waals surface area contributed by atoms with Crippen LogP contribution in [-0.4, -0.2) is 95.9 Å². The van der Waals surface area contributed by atoms with Gasteiger partial charge in [-0.25, -0.2) is 19.7 Å². The first kappa shape index (κ1) is 27.3. The van der Waals surface area contributed by atoms with Crippen LogP contribution in [0.5, 0.6) is 5.75 Å². The average molecular weight is 556 g/mol. The molecule has 5 atom stereocenters. The van der Waals surface area contributed by atoms with Crippen molar-refractivity contribution in [1.82, 2.24) is 19.5 Å². The number of aromatic nitrogens is 4. The zero-order valence-electron chi connectivity index (χ0n) is 19.6. The van der Waals surface area contributed by atoms with Crippen LogP contribution in [0.3, 0.4) is 0 Å². The van der Waals surface area contributed by atoms with Crippen molar-refractivity contribution in [3.8, 4) is 5.75 Å². The van der Waals surface area contributed by atoms with Crippen LogP contribution in [0.1, 0.15) is 23.5 Å². The molecular weight excluding hydrogens is 530 g/mol. The molecule has 1 aromatic carbocycles. The number of fused-ring (bicyclic) bond motifs is 1. The van der Waals surface area contributed by atoms with Crippen molar-refractivity contribution >= 4 is 46.3 Å². The minimum atomic E-state index is -1.38. The number of nitrogen functional groups attached to an aromatic ring is 1. The largest absolute Gasteiger partial charge is 0.489 e. The SMILES string of the molecule is CCOC(=O)c1ccc(OC[C@@H](O)CSc2nc3c(N)ncnc3n2[C@@H]2O[C@H](CO)[C@@H](O)[C@H]2O)c(Cl)c1. The van der Waals surface area contributed by atoms with E-state index in [2.05, 4.69) is 15.0 Å². The van der Waals surface area contributed by atoms with Crippen LogP contribution in [0.25, 0.3) is 11.2 Å². The third kappa shape index (κ3) is 5.75. The molecule has 0 radical (unpaired) electrons. The molecule has 6 N–H and O–H groups in total. The summed E-state index contributed by atoms with van der Waals surface area (Å²) in [5.74, 6) is -0.0262. The summed E-state index contributed by atoms with van der Waals surface area (Å²) in [5, 5.41) is 41.2. The average Bonchev–Trinajstić information content (AvgIpc) is 3.39. The van der Waals surface area contributed by atoms with Crippen molar-refractivity contribution in [2.75, 3.05) is 31.3 Å². The first-order chi connectivity index (χ1) is 17.7. The molecule has 1 aliphatic heterocycles. The lowest BCUT2D eigenvalue weighted by Crippen LogP contribution is -2.33. The third-order valence-electron chi connectivity index (χ3n) is 5.52. The molecule has 0 bridgehead atoms. The summed E-state index contributed by atoms with van der Waals surface area (Å²) in [6.07, 6.45) is -4.58. The highest BCUT2D eigenvalue weighted by atomic mass is 35.5. The Morgan fingerprint density at radius 2 is 2.11 bits per heavy atom. The van der Waals surface area contributed by atoms with Crippen LogP contribution in [0.15, 0.2) is 29.7 Å². The van der Waals surface area contributed by atoms with E-state index in [4.69, 9.17) is 31.5 Å². The number of hydrogen-bond acceptors (Lipinski definition) is 13. The Morgan fingerprint density at radius 1 is 1.32 bits per heavy atom. The highest BCUT2D eigenvalue weighted by Crippen LogP contribution is 2.36. The third-order valence-corrected chi connectivity index (χ3v) is 6.92. The van der Waals surface area contributed by atoms with E-state index in [1.54, 1.807) is 6.92 Å². The second-order valence-electron chi connectivity index (χ2n) is 8.07. The molecule has 0 saturated carbocycles. The minimum Gasteiger partial charge on any atom is -0.489 e. The second kappa shape index (κ2) is 11.8. The van der Waals surface area contributed by atoms with Crippen LogP contribution < -0.4 is 10.5 Å². The molecule has 13 nitrogen and oxygen atoms in total. The maximum absolute atomic E-state index is 11.8. The molecule has 200 valence electrons. The molecule has 3 aromatic rings. The second-order valence-corrected chi connectivity index (χ2v) is 9.46. The maximum Gasteiger partial charge on any atom is 0.338 e. The molecule has 1 fully saturated rings. The number of carbonyl (C=O) groups is 1. The molecule has 15 heteroatoms. The minimum absolute atomic E-state index is 0.0992. The monoisotopic (exact) mass is 555 g/mol. The van der Waals surface area contributed by atoms with Gasteiger partial charge in [-0.2, -0.15) is 0 Å². The Labute approximate surface area is 220 Å². The van der Waals surface area contributed by atoms with E-state index in [0.29, 0.717) is 0 Å². The van der Waals surface area contributed by atoms with Gasteiger partial charge in [0.1, 0.15) is 37.0 Å². The summed E-state index contributed by atoms with van der Waals surface area (Å²) < 4.78 is 17.6. The van der Waals surface area contributed by atoms with Gasteiger partial charge in [-0.3, -0.25) is 4.57 Å². The van der Waals surface area contributed by atoms with Crippen LogP contribution in [0.2, 0.25) is 5.02 Å². The molecule has 1 aliphatic rings. The van der Waals surface area contributed by atoms with Crippen molar-refractivity contribution in [3.05, 3.63) is 35.1 Å². The molecule has 0 amide bonds. The van der Waals surface area contributed by atoms with Gasteiger partial charge in [0.2, 0.25) is 0 Å². The fourth-order valence-electron chi connectivity index (χ4n) is 3.69. The fraction of sp³-hybridized carbons (Fsp3) is 0.455. The Hall–Kier alpha value is -2.72. The van der Waals surface area contributed by atoms with E-state index in [0.717, 1.165) is 11.8 Å². The van der Waals surface area contributed by atoms with Crippen LogP contribution in [0.4, 0.5) is 5.82 Å². The topological polar surface area (TPSA) is 195 Å². The van der Waals surface area contributed by atoms with Gasteiger partial charge in [0, 0.05) is 5.75 Å². The Kier molecular flexibility index (Phi) is 8.69. The molecule has 2 aromatic heterocycles. The number of hydrogen-bond donors (Lipinski definition) is 5. The normalized spacial score (nSPS) is 22.3. The molecule has 0 aliphatic carbocycles. The molecule has 0 spiro atoms. The molecule has 3 heterocycles. The highest BCUT2D eigenvalue weighted by Gasteiger charge is 2.45. The number of thioether (sulfide) groups is 1. The Morgan fingerprint density at radius 3 is 2.78 bits per heavy atom. The van der Waals surface area contributed by atoms with Crippen molar-refractivity contribution < 1.29 is 39.4 Å². The summed E-state index contributed by atoms with van der Waals surface area (Å²) in [5.41, 5.74) is 6.73. The van der Waals surface area contributed by atoms with Gasteiger partial charge in [0.25, 0.3) is 0 Å². The summed E-state index contributed by atoms with van der Waals surface area (Å²) in [4.78, 5) is 24.4. The molecule has 4 rings (SSSR count). The van der Waals surface area contributed by atoms with Gasteiger partial charge in [-0.1, -0.05) is 23.4 Å². The van der Waals surface area contributed by atoms with Gasteiger partial charge in [0.05, 0.1) is 29.9 Å². The smallest absolute Gasteiger partial charge is 0.338 e. The number of benzene rings is 1. The van der Waals surface area contributed by atoms with Crippen molar-refractivity contribution in [1.29, 1.82) is 0 Å². The van der Waals surface area contributed by atoms with E-state index in [1.807, 2.05) is 0 Å². The van der Waals surface area contributed by atoms with Crippen molar-refractivity contribution in [2.45, 2.75) is 42.7 Å². The Bertz CT molecular complexity index is 1260. The molecular formula is C22H26ClN5O8S. The molecule has 37 heavy (non-hydrogen) atoms. The zero-order chi connectivity index (χ0) is 26.7. The fourth-order valence-corrected chi connectivity index (χ4v) is 4.85.